The standard InChI is InChI=1S/C19H31N5O5S/c1-4-7-24-16(13-17(25)20(2)19(24)27)22-8-5-6-15(14-22)18(26)21-9-11-23(12-10-21)30(3,28)29/h13,15H,4-12,14H2,1-3H3. The summed E-state index contributed by atoms with van der Waals surface area (Å²) < 4.78 is 27.5. The van der Waals surface area contributed by atoms with E-state index in [4.69, 9.17) is 0 Å². The number of hydrogen-bond donors (Lipinski definition) is 0. The number of amides is 1. The lowest BCUT2D eigenvalue weighted by Gasteiger charge is -2.39. The number of carbonyl (C=O) groups is 1. The number of anilines is 1. The summed E-state index contributed by atoms with van der Waals surface area (Å²) >= 11 is 0. The Morgan fingerprint density at radius 1 is 1.13 bits per heavy atom. The summed E-state index contributed by atoms with van der Waals surface area (Å²) in [4.78, 5) is 41.6. The number of rotatable bonds is 5. The Morgan fingerprint density at radius 3 is 2.40 bits per heavy atom. The van der Waals surface area contributed by atoms with E-state index in [1.165, 1.54) is 23.7 Å². The van der Waals surface area contributed by atoms with Gasteiger partial charge in [0.05, 0.1) is 12.2 Å². The topological polar surface area (TPSA) is 105 Å². The molecule has 0 radical (unpaired) electrons. The Labute approximate surface area is 176 Å². The van der Waals surface area contributed by atoms with Gasteiger partial charge < -0.3 is 9.80 Å². The Balaban J connectivity index is 1.76. The van der Waals surface area contributed by atoms with Gasteiger partial charge in [-0.2, -0.15) is 4.31 Å². The first-order chi connectivity index (χ1) is 14.1. The molecule has 0 N–H and O–H groups in total. The molecule has 2 saturated heterocycles. The molecule has 1 amide bonds. The largest absolute Gasteiger partial charge is 0.357 e. The first-order valence-electron chi connectivity index (χ1n) is 10.4. The Bertz CT molecular complexity index is 1010. The average Bonchev–Trinajstić information content (AvgIpc) is 2.73. The summed E-state index contributed by atoms with van der Waals surface area (Å²) in [5.41, 5.74) is -0.697. The summed E-state index contributed by atoms with van der Waals surface area (Å²) in [6, 6.07) is 1.48. The summed E-state index contributed by atoms with van der Waals surface area (Å²) in [7, 11) is -1.77. The van der Waals surface area contributed by atoms with Crippen LogP contribution < -0.4 is 16.1 Å². The quantitative estimate of drug-likeness (QED) is 0.597. The molecule has 1 unspecified atom stereocenters. The van der Waals surface area contributed by atoms with Crippen molar-refractivity contribution in [1.29, 1.82) is 0 Å². The van der Waals surface area contributed by atoms with Crippen LogP contribution in [0.4, 0.5) is 5.82 Å². The van der Waals surface area contributed by atoms with Crippen molar-refractivity contribution >= 4 is 21.7 Å². The zero-order chi connectivity index (χ0) is 22.1. The molecule has 168 valence electrons. The number of piperazine rings is 1. The van der Waals surface area contributed by atoms with Crippen molar-refractivity contribution in [1.82, 2.24) is 18.3 Å². The third kappa shape index (κ3) is 4.61. The molecule has 0 spiro atoms. The maximum Gasteiger partial charge on any atom is 0.332 e. The summed E-state index contributed by atoms with van der Waals surface area (Å²) in [5, 5.41) is 0. The molecule has 30 heavy (non-hydrogen) atoms. The van der Waals surface area contributed by atoms with E-state index in [-0.39, 0.29) is 23.1 Å². The molecule has 3 rings (SSSR count). The van der Waals surface area contributed by atoms with Crippen molar-refractivity contribution < 1.29 is 13.2 Å². The molecule has 1 atom stereocenters. The van der Waals surface area contributed by atoms with Crippen LogP contribution in [0, 0.1) is 5.92 Å². The molecule has 10 nitrogen and oxygen atoms in total. The lowest BCUT2D eigenvalue weighted by molar-refractivity contribution is -0.137. The van der Waals surface area contributed by atoms with E-state index in [0.29, 0.717) is 51.6 Å². The number of carbonyl (C=O) groups excluding carboxylic acids is 1. The molecule has 11 heteroatoms. The van der Waals surface area contributed by atoms with Gasteiger partial charge in [-0.1, -0.05) is 6.92 Å². The molecule has 1 aromatic rings. The van der Waals surface area contributed by atoms with Gasteiger partial charge in [0.1, 0.15) is 5.82 Å². The second-order valence-corrected chi connectivity index (χ2v) is 10.1. The maximum absolute atomic E-state index is 13.1. The lowest BCUT2D eigenvalue weighted by Crippen LogP contribution is -2.54. The molecule has 1 aromatic heterocycles. The Morgan fingerprint density at radius 2 is 1.80 bits per heavy atom. The van der Waals surface area contributed by atoms with E-state index in [1.807, 2.05) is 11.8 Å². The van der Waals surface area contributed by atoms with Gasteiger partial charge in [-0.15, -0.1) is 0 Å². The van der Waals surface area contributed by atoms with E-state index >= 15 is 0 Å². The number of sulfonamides is 1. The minimum Gasteiger partial charge on any atom is -0.357 e. The van der Waals surface area contributed by atoms with Crippen LogP contribution in [0.25, 0.3) is 0 Å². The summed E-state index contributed by atoms with van der Waals surface area (Å²) in [5.74, 6) is 0.350. The van der Waals surface area contributed by atoms with Crippen molar-refractivity contribution in [2.75, 3.05) is 50.4 Å². The lowest BCUT2D eigenvalue weighted by atomic mass is 9.96. The molecule has 2 aliphatic heterocycles. The predicted octanol–water partition coefficient (Wildman–Crippen LogP) is -0.723. The van der Waals surface area contributed by atoms with Crippen molar-refractivity contribution in [3.63, 3.8) is 0 Å². The molecule has 0 aromatic carbocycles. The Kier molecular flexibility index (Phi) is 6.71. The molecular weight excluding hydrogens is 410 g/mol. The molecular formula is C19H31N5O5S. The van der Waals surface area contributed by atoms with Crippen molar-refractivity contribution in [2.45, 2.75) is 32.7 Å². The van der Waals surface area contributed by atoms with Gasteiger partial charge >= 0.3 is 5.69 Å². The van der Waals surface area contributed by atoms with E-state index in [1.54, 1.807) is 9.47 Å². The van der Waals surface area contributed by atoms with Crippen molar-refractivity contribution in [2.24, 2.45) is 13.0 Å². The highest BCUT2D eigenvalue weighted by molar-refractivity contribution is 7.88. The zero-order valence-electron chi connectivity index (χ0n) is 17.9. The van der Waals surface area contributed by atoms with Crippen LogP contribution in [0.15, 0.2) is 15.7 Å². The summed E-state index contributed by atoms with van der Waals surface area (Å²) in [6.07, 6.45) is 3.47. The maximum atomic E-state index is 13.1. The fourth-order valence-electron chi connectivity index (χ4n) is 4.24. The molecule has 2 fully saturated rings. The van der Waals surface area contributed by atoms with E-state index in [2.05, 4.69) is 0 Å². The SMILES string of the molecule is CCCn1c(N2CCCC(C(=O)N3CCN(S(C)(=O)=O)CC3)C2)cc(=O)n(C)c1=O. The first-order valence-corrected chi connectivity index (χ1v) is 12.3. The molecule has 3 heterocycles. The third-order valence-electron chi connectivity index (χ3n) is 5.94. The van der Waals surface area contributed by atoms with E-state index in [0.717, 1.165) is 23.8 Å². The fraction of sp³-hybridized carbons (Fsp3) is 0.737. The second-order valence-electron chi connectivity index (χ2n) is 8.11. The predicted molar refractivity (Wildman–Crippen MR) is 114 cm³/mol. The van der Waals surface area contributed by atoms with Gasteiger partial charge in [-0.3, -0.25) is 18.7 Å². The highest BCUT2D eigenvalue weighted by Gasteiger charge is 2.33. The molecule has 2 aliphatic rings. The monoisotopic (exact) mass is 441 g/mol. The summed E-state index contributed by atoms with van der Waals surface area (Å²) in [6.45, 7) is 5.00. The number of hydrogen-bond acceptors (Lipinski definition) is 6. The minimum absolute atomic E-state index is 0.0149. The first kappa shape index (κ1) is 22.5. The van der Waals surface area contributed by atoms with Gasteiger partial charge in [0.2, 0.25) is 15.9 Å². The van der Waals surface area contributed by atoms with Crippen LogP contribution in [-0.4, -0.2) is 78.2 Å². The normalized spacial score (nSPS) is 21.1. The van der Waals surface area contributed by atoms with E-state index in [9.17, 15) is 22.8 Å². The fourth-order valence-corrected chi connectivity index (χ4v) is 5.07. The molecule has 0 bridgehead atoms. The highest BCUT2D eigenvalue weighted by Crippen LogP contribution is 2.24. The third-order valence-corrected chi connectivity index (χ3v) is 7.24. The molecule has 0 aliphatic carbocycles. The van der Waals surface area contributed by atoms with Crippen LogP contribution in [0.2, 0.25) is 0 Å². The van der Waals surface area contributed by atoms with Crippen molar-refractivity contribution in [3.8, 4) is 0 Å². The van der Waals surface area contributed by atoms with Gasteiger partial charge in [-0.05, 0) is 19.3 Å². The van der Waals surface area contributed by atoms with Gasteiger partial charge in [0.25, 0.3) is 5.56 Å². The Hall–Kier alpha value is -2.14. The zero-order valence-corrected chi connectivity index (χ0v) is 18.7. The van der Waals surface area contributed by atoms with E-state index < -0.39 is 10.0 Å². The van der Waals surface area contributed by atoms with Crippen molar-refractivity contribution in [3.05, 3.63) is 26.9 Å². The minimum atomic E-state index is -3.24. The van der Waals surface area contributed by atoms with Gasteiger partial charge in [0, 0.05) is 58.9 Å². The molecule has 0 saturated carbocycles. The number of nitrogens with zero attached hydrogens (tertiary/aromatic N) is 5. The average molecular weight is 442 g/mol. The number of piperidine rings is 1. The van der Waals surface area contributed by atoms with Crippen LogP contribution in [0.3, 0.4) is 0 Å². The van der Waals surface area contributed by atoms with Crippen LogP contribution in [0.5, 0.6) is 0 Å². The smallest absolute Gasteiger partial charge is 0.332 e. The second kappa shape index (κ2) is 8.93. The van der Waals surface area contributed by atoms with Gasteiger partial charge in [0.15, 0.2) is 0 Å². The number of aromatic nitrogens is 2. The van der Waals surface area contributed by atoms with Crippen LogP contribution in [-0.2, 0) is 28.4 Å². The van der Waals surface area contributed by atoms with Crippen LogP contribution >= 0.6 is 0 Å². The van der Waals surface area contributed by atoms with Crippen LogP contribution in [0.1, 0.15) is 26.2 Å². The van der Waals surface area contributed by atoms with Gasteiger partial charge in [-0.25, -0.2) is 13.2 Å². The highest BCUT2D eigenvalue weighted by atomic mass is 32.2.